The molecule has 5 nitrogen and oxygen atoms in total. The smallest absolute Gasteiger partial charge is 0.244 e. The van der Waals surface area contributed by atoms with Crippen LogP contribution in [-0.4, -0.2) is 25.2 Å². The van der Waals surface area contributed by atoms with Crippen LogP contribution in [0.2, 0.25) is 0 Å². The fraction of sp³-hybridized carbons (Fsp3) is 0.240. The summed E-state index contributed by atoms with van der Waals surface area (Å²) < 4.78 is 28.3. The molecule has 6 heteroatoms. The van der Waals surface area contributed by atoms with Crippen LogP contribution in [0.25, 0.3) is 0 Å². The van der Waals surface area contributed by atoms with E-state index in [1.54, 1.807) is 19.1 Å². The number of nitrogens with one attached hydrogen (secondary N) is 1. The summed E-state index contributed by atoms with van der Waals surface area (Å²) in [6, 6.07) is 22.5. The highest BCUT2D eigenvalue weighted by molar-refractivity contribution is 7.89. The van der Waals surface area contributed by atoms with Gasteiger partial charge in [0.15, 0.2) is 0 Å². The molecule has 0 aromatic heterocycles. The Balaban J connectivity index is 1.83. The molecular weight excluding hydrogens is 408 g/mol. The van der Waals surface area contributed by atoms with Crippen molar-refractivity contribution in [1.82, 2.24) is 9.62 Å². The third-order valence-corrected chi connectivity index (χ3v) is 6.99. The van der Waals surface area contributed by atoms with Crippen molar-refractivity contribution in [3.8, 4) is 0 Å². The molecule has 0 unspecified atom stereocenters. The predicted octanol–water partition coefficient (Wildman–Crippen LogP) is 4.12. The first kappa shape index (κ1) is 22.7. The molecule has 0 aliphatic heterocycles. The maximum atomic E-state index is 13.5. The van der Waals surface area contributed by atoms with Crippen LogP contribution in [0.1, 0.15) is 27.8 Å². The molecule has 0 fully saturated rings. The molecular formula is C25H28N2O3S. The van der Waals surface area contributed by atoms with E-state index in [1.807, 2.05) is 74.5 Å². The first-order chi connectivity index (χ1) is 14.8. The number of aryl methyl sites for hydroxylation is 3. The highest BCUT2D eigenvalue weighted by Gasteiger charge is 2.28. The van der Waals surface area contributed by atoms with Crippen LogP contribution in [0, 0.1) is 20.8 Å². The van der Waals surface area contributed by atoms with E-state index in [0.717, 1.165) is 22.3 Å². The molecule has 3 aromatic carbocycles. The van der Waals surface area contributed by atoms with E-state index in [4.69, 9.17) is 0 Å². The van der Waals surface area contributed by atoms with Crippen molar-refractivity contribution in [2.45, 2.75) is 38.8 Å². The standard InChI is InChI=1S/C25H28N2O3S/c1-19-8-7-11-23(14-19)16-26-25(28)18-27(17-22-9-5-4-6-10-22)31(29,30)24-15-20(2)12-13-21(24)3/h4-15H,16-18H2,1-3H3,(H,26,28). The van der Waals surface area contributed by atoms with Gasteiger partial charge in [0.05, 0.1) is 11.4 Å². The Morgan fingerprint density at radius 2 is 1.52 bits per heavy atom. The molecule has 162 valence electrons. The molecule has 0 bridgehead atoms. The highest BCUT2D eigenvalue weighted by Crippen LogP contribution is 2.23. The average Bonchev–Trinajstić information content (AvgIpc) is 2.74. The lowest BCUT2D eigenvalue weighted by Crippen LogP contribution is -2.40. The SMILES string of the molecule is Cc1cccc(CNC(=O)CN(Cc2ccccc2)S(=O)(=O)c2cc(C)ccc2C)c1. The third kappa shape index (κ3) is 6.03. The molecule has 0 atom stereocenters. The fourth-order valence-electron chi connectivity index (χ4n) is 3.38. The van der Waals surface area contributed by atoms with Crippen LogP contribution < -0.4 is 5.32 Å². The van der Waals surface area contributed by atoms with E-state index in [0.29, 0.717) is 12.1 Å². The van der Waals surface area contributed by atoms with Crippen LogP contribution >= 0.6 is 0 Å². The van der Waals surface area contributed by atoms with E-state index in [1.165, 1.54) is 4.31 Å². The quantitative estimate of drug-likeness (QED) is 0.578. The zero-order valence-electron chi connectivity index (χ0n) is 18.1. The predicted molar refractivity (Wildman–Crippen MR) is 123 cm³/mol. The van der Waals surface area contributed by atoms with E-state index in [-0.39, 0.29) is 23.9 Å². The fourth-order valence-corrected chi connectivity index (χ4v) is 5.07. The molecule has 0 saturated carbocycles. The molecule has 3 aromatic rings. The summed E-state index contributed by atoms with van der Waals surface area (Å²) in [6.07, 6.45) is 0. The van der Waals surface area contributed by atoms with Gasteiger partial charge in [-0.25, -0.2) is 8.42 Å². The second-order valence-electron chi connectivity index (χ2n) is 7.79. The summed E-state index contributed by atoms with van der Waals surface area (Å²) in [5, 5.41) is 2.85. The largest absolute Gasteiger partial charge is 0.351 e. The minimum Gasteiger partial charge on any atom is -0.351 e. The Morgan fingerprint density at radius 1 is 0.839 bits per heavy atom. The Morgan fingerprint density at radius 3 is 2.23 bits per heavy atom. The van der Waals surface area contributed by atoms with Gasteiger partial charge in [0.2, 0.25) is 15.9 Å². The highest BCUT2D eigenvalue weighted by atomic mass is 32.2. The van der Waals surface area contributed by atoms with Crippen molar-refractivity contribution in [2.75, 3.05) is 6.54 Å². The molecule has 1 amide bonds. The third-order valence-electron chi connectivity index (χ3n) is 5.06. The van der Waals surface area contributed by atoms with Crippen LogP contribution in [0.5, 0.6) is 0 Å². The number of carbonyl (C=O) groups excluding carboxylic acids is 1. The normalized spacial score (nSPS) is 11.5. The van der Waals surface area contributed by atoms with Crippen molar-refractivity contribution in [2.24, 2.45) is 0 Å². The summed E-state index contributed by atoms with van der Waals surface area (Å²) in [6.45, 7) is 5.83. The van der Waals surface area contributed by atoms with Gasteiger partial charge in [0.1, 0.15) is 0 Å². The van der Waals surface area contributed by atoms with Crippen LogP contribution in [-0.2, 0) is 27.9 Å². The van der Waals surface area contributed by atoms with Crippen molar-refractivity contribution >= 4 is 15.9 Å². The van der Waals surface area contributed by atoms with Gasteiger partial charge in [-0.15, -0.1) is 0 Å². The molecule has 0 heterocycles. The van der Waals surface area contributed by atoms with E-state index in [2.05, 4.69) is 5.32 Å². The number of amides is 1. The van der Waals surface area contributed by atoms with Gasteiger partial charge in [-0.3, -0.25) is 4.79 Å². The Kier molecular flexibility index (Phi) is 7.25. The van der Waals surface area contributed by atoms with Gasteiger partial charge in [0, 0.05) is 13.1 Å². The first-order valence-corrected chi connectivity index (χ1v) is 11.6. The van der Waals surface area contributed by atoms with Gasteiger partial charge >= 0.3 is 0 Å². The van der Waals surface area contributed by atoms with Crippen LogP contribution in [0.15, 0.2) is 77.7 Å². The number of nitrogens with zero attached hydrogens (tertiary/aromatic N) is 1. The number of hydrogen-bond donors (Lipinski definition) is 1. The number of sulfonamides is 1. The van der Waals surface area contributed by atoms with E-state index >= 15 is 0 Å². The lowest BCUT2D eigenvalue weighted by molar-refractivity contribution is -0.121. The molecule has 0 spiro atoms. The minimum atomic E-state index is -3.86. The van der Waals surface area contributed by atoms with Crippen LogP contribution in [0.4, 0.5) is 0 Å². The summed E-state index contributed by atoms with van der Waals surface area (Å²) in [5.41, 5.74) is 4.41. The summed E-state index contributed by atoms with van der Waals surface area (Å²) in [4.78, 5) is 12.9. The number of carbonyl (C=O) groups is 1. The summed E-state index contributed by atoms with van der Waals surface area (Å²) in [7, 11) is -3.86. The molecule has 1 N–H and O–H groups in total. The first-order valence-electron chi connectivity index (χ1n) is 10.2. The number of benzene rings is 3. The van der Waals surface area contributed by atoms with Crippen molar-refractivity contribution < 1.29 is 13.2 Å². The second kappa shape index (κ2) is 9.90. The maximum Gasteiger partial charge on any atom is 0.244 e. The van der Waals surface area contributed by atoms with Gasteiger partial charge in [-0.1, -0.05) is 72.3 Å². The maximum absolute atomic E-state index is 13.5. The van der Waals surface area contributed by atoms with Crippen molar-refractivity contribution in [3.05, 3.63) is 101 Å². The molecule has 0 radical (unpaired) electrons. The monoisotopic (exact) mass is 436 g/mol. The van der Waals surface area contributed by atoms with E-state index < -0.39 is 10.0 Å². The molecule has 0 aliphatic rings. The van der Waals surface area contributed by atoms with Crippen molar-refractivity contribution in [3.63, 3.8) is 0 Å². The Labute approximate surface area is 184 Å². The zero-order chi connectivity index (χ0) is 22.4. The molecule has 0 aliphatic carbocycles. The van der Waals surface area contributed by atoms with E-state index in [9.17, 15) is 13.2 Å². The number of rotatable bonds is 8. The molecule has 31 heavy (non-hydrogen) atoms. The molecule has 3 rings (SSSR count). The van der Waals surface area contributed by atoms with Gasteiger partial charge in [-0.05, 0) is 49.1 Å². The van der Waals surface area contributed by atoms with Crippen molar-refractivity contribution in [1.29, 1.82) is 0 Å². The average molecular weight is 437 g/mol. The molecule has 0 saturated heterocycles. The Hall–Kier alpha value is -2.96. The van der Waals surface area contributed by atoms with Gasteiger partial charge in [0.25, 0.3) is 0 Å². The minimum absolute atomic E-state index is 0.119. The Bertz CT molecular complexity index is 1160. The number of hydrogen-bond acceptors (Lipinski definition) is 3. The lowest BCUT2D eigenvalue weighted by atomic mass is 10.1. The summed E-state index contributed by atoms with van der Waals surface area (Å²) in [5.74, 6) is -0.341. The summed E-state index contributed by atoms with van der Waals surface area (Å²) >= 11 is 0. The second-order valence-corrected chi connectivity index (χ2v) is 9.70. The van der Waals surface area contributed by atoms with Gasteiger partial charge in [-0.2, -0.15) is 4.31 Å². The van der Waals surface area contributed by atoms with Gasteiger partial charge < -0.3 is 5.32 Å². The van der Waals surface area contributed by atoms with Crippen LogP contribution in [0.3, 0.4) is 0 Å². The lowest BCUT2D eigenvalue weighted by Gasteiger charge is -2.23. The topological polar surface area (TPSA) is 66.5 Å². The zero-order valence-corrected chi connectivity index (χ0v) is 18.9.